The van der Waals surface area contributed by atoms with E-state index in [0.29, 0.717) is 19.6 Å². The third-order valence-electron chi connectivity index (χ3n) is 4.10. The maximum Gasteiger partial charge on any atom is 0.238 e. The molecule has 0 atom stereocenters. The molecular weight excluding hydrogens is 403 g/mol. The molecule has 0 saturated carbocycles. The van der Waals surface area contributed by atoms with Crippen molar-refractivity contribution in [1.29, 1.82) is 0 Å². The van der Waals surface area contributed by atoms with Gasteiger partial charge in [-0.2, -0.15) is 4.31 Å². The summed E-state index contributed by atoms with van der Waals surface area (Å²) in [4.78, 5) is 15.5. The summed E-state index contributed by atoms with van der Waals surface area (Å²) in [5.41, 5.74) is 0.775. The van der Waals surface area contributed by atoms with E-state index in [-0.39, 0.29) is 31.4 Å². The van der Waals surface area contributed by atoms with Crippen LogP contribution in [0.25, 0.3) is 0 Å². The molecule has 1 aromatic carbocycles. The number of thiophene rings is 1. The Labute approximate surface area is 169 Å². The van der Waals surface area contributed by atoms with Gasteiger partial charge in [0.05, 0.1) is 19.3 Å². The first-order chi connectivity index (χ1) is 13.3. The number of amides is 1. The molecule has 2 rings (SSSR count). The van der Waals surface area contributed by atoms with Gasteiger partial charge in [0, 0.05) is 31.7 Å². The highest BCUT2D eigenvalue weighted by molar-refractivity contribution is 7.88. The number of hydrogen-bond donors (Lipinski definition) is 0. The van der Waals surface area contributed by atoms with Crippen molar-refractivity contribution in [2.24, 2.45) is 0 Å². The molecule has 28 heavy (non-hydrogen) atoms. The SMILES string of the molecule is COCCCN(CC(=O)N(Cc1ccc(F)cc1)Cc1cccs1)S(C)(=O)=O. The van der Waals surface area contributed by atoms with Gasteiger partial charge in [-0.25, -0.2) is 12.8 Å². The van der Waals surface area contributed by atoms with Crippen LogP contribution >= 0.6 is 11.3 Å². The normalized spacial score (nSPS) is 11.7. The Balaban J connectivity index is 2.14. The summed E-state index contributed by atoms with van der Waals surface area (Å²) in [5, 5.41) is 1.92. The number of benzene rings is 1. The molecule has 6 nitrogen and oxygen atoms in total. The van der Waals surface area contributed by atoms with Gasteiger partial charge in [-0.15, -0.1) is 11.3 Å². The van der Waals surface area contributed by atoms with Crippen LogP contribution in [-0.4, -0.2) is 56.6 Å². The molecule has 0 aliphatic carbocycles. The van der Waals surface area contributed by atoms with Gasteiger partial charge in [-0.05, 0) is 35.6 Å². The predicted octanol–water partition coefficient (Wildman–Crippen LogP) is 2.71. The highest BCUT2D eigenvalue weighted by Gasteiger charge is 2.24. The predicted molar refractivity (Wildman–Crippen MR) is 108 cm³/mol. The second-order valence-corrected chi connectivity index (χ2v) is 9.41. The van der Waals surface area contributed by atoms with E-state index in [0.717, 1.165) is 16.7 Å². The Morgan fingerprint density at radius 2 is 1.89 bits per heavy atom. The van der Waals surface area contributed by atoms with E-state index in [4.69, 9.17) is 4.74 Å². The molecular formula is C19H25FN2O4S2. The average Bonchev–Trinajstić information content (AvgIpc) is 3.14. The van der Waals surface area contributed by atoms with Crippen LogP contribution in [0.2, 0.25) is 0 Å². The third-order valence-corrected chi connectivity index (χ3v) is 6.21. The lowest BCUT2D eigenvalue weighted by Crippen LogP contribution is -2.42. The summed E-state index contributed by atoms with van der Waals surface area (Å²) in [5.74, 6) is -0.651. The Morgan fingerprint density at radius 1 is 1.18 bits per heavy atom. The van der Waals surface area contributed by atoms with Crippen LogP contribution in [0, 0.1) is 5.82 Å². The summed E-state index contributed by atoms with van der Waals surface area (Å²) in [7, 11) is -1.99. The molecule has 0 radical (unpaired) electrons. The van der Waals surface area contributed by atoms with E-state index in [1.165, 1.54) is 27.8 Å². The molecule has 0 unspecified atom stereocenters. The number of hydrogen-bond acceptors (Lipinski definition) is 5. The molecule has 1 amide bonds. The van der Waals surface area contributed by atoms with Gasteiger partial charge in [0.15, 0.2) is 0 Å². The number of sulfonamides is 1. The van der Waals surface area contributed by atoms with Gasteiger partial charge in [-0.3, -0.25) is 4.79 Å². The van der Waals surface area contributed by atoms with Crippen LogP contribution in [0.3, 0.4) is 0 Å². The maximum atomic E-state index is 13.2. The molecule has 2 aromatic rings. The van der Waals surface area contributed by atoms with Crippen molar-refractivity contribution in [3.05, 3.63) is 58.0 Å². The van der Waals surface area contributed by atoms with Crippen molar-refractivity contribution >= 4 is 27.3 Å². The number of rotatable bonds is 11. The largest absolute Gasteiger partial charge is 0.385 e. The monoisotopic (exact) mass is 428 g/mol. The van der Waals surface area contributed by atoms with Crippen LogP contribution in [0.1, 0.15) is 16.9 Å². The van der Waals surface area contributed by atoms with Crippen LogP contribution in [0.4, 0.5) is 4.39 Å². The second-order valence-electron chi connectivity index (χ2n) is 6.40. The molecule has 0 fully saturated rings. The van der Waals surface area contributed by atoms with Crippen molar-refractivity contribution in [1.82, 2.24) is 9.21 Å². The molecule has 0 spiro atoms. The van der Waals surface area contributed by atoms with Crippen LogP contribution < -0.4 is 0 Å². The highest BCUT2D eigenvalue weighted by atomic mass is 32.2. The Morgan fingerprint density at radius 3 is 2.46 bits per heavy atom. The summed E-state index contributed by atoms with van der Waals surface area (Å²) < 4.78 is 43.5. The van der Waals surface area contributed by atoms with E-state index >= 15 is 0 Å². The number of halogens is 1. The first-order valence-corrected chi connectivity index (χ1v) is 11.5. The molecule has 0 N–H and O–H groups in total. The molecule has 0 aliphatic rings. The molecule has 0 bridgehead atoms. The van der Waals surface area contributed by atoms with Crippen molar-refractivity contribution < 1.29 is 22.3 Å². The van der Waals surface area contributed by atoms with E-state index < -0.39 is 10.0 Å². The van der Waals surface area contributed by atoms with Gasteiger partial charge in [0.1, 0.15) is 5.82 Å². The molecule has 154 valence electrons. The summed E-state index contributed by atoms with van der Waals surface area (Å²) in [6, 6.07) is 9.75. The maximum absolute atomic E-state index is 13.2. The third kappa shape index (κ3) is 7.31. The average molecular weight is 429 g/mol. The minimum absolute atomic E-state index is 0.210. The fourth-order valence-corrected chi connectivity index (χ4v) is 4.16. The molecule has 0 aliphatic heterocycles. The van der Waals surface area contributed by atoms with Gasteiger partial charge in [0.25, 0.3) is 0 Å². The molecule has 9 heteroatoms. The second kappa shape index (κ2) is 10.7. The van der Waals surface area contributed by atoms with Crippen molar-refractivity contribution in [3.63, 3.8) is 0 Å². The zero-order chi connectivity index (χ0) is 20.6. The lowest BCUT2D eigenvalue weighted by Gasteiger charge is -2.26. The zero-order valence-corrected chi connectivity index (χ0v) is 17.6. The number of methoxy groups -OCH3 is 1. The van der Waals surface area contributed by atoms with Crippen LogP contribution in [0.15, 0.2) is 41.8 Å². The highest BCUT2D eigenvalue weighted by Crippen LogP contribution is 2.16. The number of carbonyl (C=O) groups is 1. The van der Waals surface area contributed by atoms with Crippen molar-refractivity contribution in [2.45, 2.75) is 19.5 Å². The van der Waals surface area contributed by atoms with E-state index in [1.807, 2.05) is 17.5 Å². The molecule has 1 heterocycles. The van der Waals surface area contributed by atoms with E-state index in [9.17, 15) is 17.6 Å². The molecule has 1 aromatic heterocycles. The number of carbonyl (C=O) groups excluding carboxylic acids is 1. The smallest absolute Gasteiger partial charge is 0.238 e. The van der Waals surface area contributed by atoms with E-state index in [2.05, 4.69) is 0 Å². The quantitative estimate of drug-likeness (QED) is 0.516. The van der Waals surface area contributed by atoms with Crippen LogP contribution in [0.5, 0.6) is 0 Å². The Kier molecular flexibility index (Phi) is 8.56. The van der Waals surface area contributed by atoms with Crippen molar-refractivity contribution in [3.8, 4) is 0 Å². The minimum Gasteiger partial charge on any atom is -0.385 e. The van der Waals surface area contributed by atoms with Gasteiger partial charge in [-0.1, -0.05) is 18.2 Å². The summed E-state index contributed by atoms with van der Waals surface area (Å²) in [6.07, 6.45) is 1.59. The Bertz CT molecular complexity index is 839. The number of ether oxygens (including phenoxy) is 1. The zero-order valence-electron chi connectivity index (χ0n) is 16.0. The topological polar surface area (TPSA) is 66.9 Å². The summed E-state index contributed by atoms with van der Waals surface area (Å²) in [6.45, 7) is 1.02. The standard InChI is InChI=1S/C19H25FN2O4S2/c1-26-11-4-10-22(28(2,24)25)15-19(23)21(14-18-5-3-12-27-18)13-16-6-8-17(20)9-7-16/h3,5-9,12H,4,10-11,13-15H2,1-2H3. The summed E-state index contributed by atoms with van der Waals surface area (Å²) >= 11 is 1.52. The number of nitrogens with zero attached hydrogens (tertiary/aromatic N) is 2. The van der Waals surface area contributed by atoms with Crippen molar-refractivity contribution in [2.75, 3.05) is 33.1 Å². The van der Waals surface area contributed by atoms with Gasteiger partial charge < -0.3 is 9.64 Å². The lowest BCUT2D eigenvalue weighted by molar-refractivity contribution is -0.132. The fourth-order valence-electron chi connectivity index (χ4n) is 2.63. The Hall–Kier alpha value is -1.81. The molecule has 0 saturated heterocycles. The van der Waals surface area contributed by atoms with E-state index in [1.54, 1.807) is 24.1 Å². The first kappa shape index (κ1) is 22.5. The first-order valence-electron chi connectivity index (χ1n) is 8.78. The lowest BCUT2D eigenvalue weighted by atomic mass is 10.2. The van der Waals surface area contributed by atoms with Gasteiger partial charge >= 0.3 is 0 Å². The van der Waals surface area contributed by atoms with Crippen LogP contribution in [-0.2, 0) is 32.6 Å². The minimum atomic E-state index is -3.53. The van der Waals surface area contributed by atoms with Gasteiger partial charge in [0.2, 0.25) is 15.9 Å². The fraction of sp³-hybridized carbons (Fsp3) is 0.421.